The number of benzene rings is 2. The maximum absolute atomic E-state index is 12.8. The van der Waals surface area contributed by atoms with Crippen molar-refractivity contribution in [1.29, 1.82) is 0 Å². The van der Waals surface area contributed by atoms with Crippen LogP contribution in [0.15, 0.2) is 35.7 Å². The molecule has 9 nitrogen and oxygen atoms in total. The first-order valence-electron chi connectivity index (χ1n) is 10.1. The SMILES string of the molecule is COc1cc(OC)c(/C=C/[S+]([O-])Cc2ccc(OC)c(CC(OC(C)=O)C(=O)O)c2)c(OC)c1. The van der Waals surface area contributed by atoms with E-state index in [2.05, 4.69) is 0 Å². The number of carbonyl (C=O) groups excluding carboxylic acids is 1. The predicted molar refractivity (Wildman–Crippen MR) is 127 cm³/mol. The smallest absolute Gasteiger partial charge is 0.345 e. The molecule has 0 aliphatic carbocycles. The summed E-state index contributed by atoms with van der Waals surface area (Å²) in [5, 5.41) is 10.9. The van der Waals surface area contributed by atoms with Crippen LogP contribution in [0.25, 0.3) is 6.08 Å². The summed E-state index contributed by atoms with van der Waals surface area (Å²) in [5.41, 5.74) is 1.83. The molecular formula is C24H28O9S. The van der Waals surface area contributed by atoms with Gasteiger partial charge in [-0.2, -0.15) is 0 Å². The molecule has 1 N–H and O–H groups in total. The summed E-state index contributed by atoms with van der Waals surface area (Å²) in [6.07, 6.45) is 0.204. The normalized spacial score (nSPS) is 12.6. The van der Waals surface area contributed by atoms with Crippen molar-refractivity contribution < 1.29 is 42.9 Å². The molecule has 0 saturated carbocycles. The molecule has 0 heterocycles. The Morgan fingerprint density at radius 1 is 1.00 bits per heavy atom. The Labute approximate surface area is 201 Å². The lowest BCUT2D eigenvalue weighted by Crippen LogP contribution is -2.28. The van der Waals surface area contributed by atoms with Gasteiger partial charge < -0.3 is 33.3 Å². The minimum Gasteiger partial charge on any atom is -0.612 e. The molecule has 0 aromatic heterocycles. The fourth-order valence-electron chi connectivity index (χ4n) is 3.21. The highest BCUT2D eigenvalue weighted by Gasteiger charge is 2.23. The zero-order valence-corrected chi connectivity index (χ0v) is 20.5. The van der Waals surface area contributed by atoms with E-state index in [1.807, 2.05) is 0 Å². The highest BCUT2D eigenvalue weighted by atomic mass is 32.2. The maximum atomic E-state index is 12.8. The van der Waals surface area contributed by atoms with Gasteiger partial charge in [0.2, 0.25) is 6.10 Å². The van der Waals surface area contributed by atoms with Gasteiger partial charge in [0.1, 0.15) is 34.2 Å². The minimum absolute atomic E-state index is 0.0886. The molecular weight excluding hydrogens is 464 g/mol. The van der Waals surface area contributed by atoms with Gasteiger partial charge in [-0.05, 0) is 28.9 Å². The lowest BCUT2D eigenvalue weighted by Gasteiger charge is -2.16. The molecule has 0 saturated heterocycles. The molecule has 0 spiro atoms. The number of ether oxygens (including phenoxy) is 5. The summed E-state index contributed by atoms with van der Waals surface area (Å²) < 4.78 is 39.0. The van der Waals surface area contributed by atoms with Gasteiger partial charge in [-0.3, -0.25) is 4.79 Å². The van der Waals surface area contributed by atoms with Crippen LogP contribution in [0.1, 0.15) is 23.6 Å². The van der Waals surface area contributed by atoms with Crippen LogP contribution in [-0.2, 0) is 37.7 Å². The van der Waals surface area contributed by atoms with E-state index in [0.29, 0.717) is 39.7 Å². The first kappa shape index (κ1) is 26.9. The number of aliphatic carboxylic acids is 1. The third-order valence-corrected chi connectivity index (χ3v) is 5.84. The van der Waals surface area contributed by atoms with Crippen molar-refractivity contribution in [3.05, 3.63) is 52.4 Å². The van der Waals surface area contributed by atoms with E-state index in [1.165, 1.54) is 33.8 Å². The van der Waals surface area contributed by atoms with Gasteiger partial charge in [-0.15, -0.1) is 0 Å². The highest BCUT2D eigenvalue weighted by Crippen LogP contribution is 2.35. The quantitative estimate of drug-likeness (QED) is 0.351. The largest absolute Gasteiger partial charge is 0.612 e. The average molecular weight is 493 g/mol. The summed E-state index contributed by atoms with van der Waals surface area (Å²) in [6, 6.07) is 8.49. The predicted octanol–water partition coefficient (Wildman–Crippen LogP) is 3.20. The lowest BCUT2D eigenvalue weighted by molar-refractivity contribution is -0.162. The standard InChI is InChI=1S/C24H28O9S/c1-15(25)33-23(24(26)27)11-17-10-16(6-7-20(17)30-3)14-34(28)9-8-19-21(31-4)12-18(29-2)13-22(19)32-5/h6-10,12-13,23H,11,14H2,1-5H3,(H,26,27)/b9-8+. The molecule has 10 heteroatoms. The average Bonchev–Trinajstić information content (AvgIpc) is 2.81. The fourth-order valence-corrected chi connectivity index (χ4v) is 4.11. The molecule has 0 bridgehead atoms. The van der Waals surface area contributed by atoms with Crippen LogP contribution in [-0.4, -0.2) is 56.1 Å². The molecule has 2 aromatic carbocycles. The molecule has 184 valence electrons. The number of carboxylic acid groups (broad SMARTS) is 1. The van der Waals surface area contributed by atoms with Gasteiger partial charge in [0.25, 0.3) is 0 Å². The summed E-state index contributed by atoms with van der Waals surface area (Å²) >= 11 is -1.41. The number of hydrogen-bond donors (Lipinski definition) is 1. The van der Waals surface area contributed by atoms with E-state index in [9.17, 15) is 19.2 Å². The van der Waals surface area contributed by atoms with E-state index < -0.39 is 29.2 Å². The molecule has 2 aromatic rings. The van der Waals surface area contributed by atoms with Crippen LogP contribution >= 0.6 is 0 Å². The highest BCUT2D eigenvalue weighted by molar-refractivity contribution is 7.93. The van der Waals surface area contributed by atoms with Crippen LogP contribution in [0.3, 0.4) is 0 Å². The van der Waals surface area contributed by atoms with Crippen LogP contribution in [0.5, 0.6) is 23.0 Å². The summed E-state index contributed by atoms with van der Waals surface area (Å²) in [4.78, 5) is 22.7. The second kappa shape index (κ2) is 12.8. The maximum Gasteiger partial charge on any atom is 0.345 e. The molecule has 34 heavy (non-hydrogen) atoms. The second-order valence-corrected chi connectivity index (χ2v) is 8.38. The van der Waals surface area contributed by atoms with E-state index in [0.717, 1.165) is 6.92 Å². The molecule has 2 unspecified atom stereocenters. The first-order valence-corrected chi connectivity index (χ1v) is 11.5. The van der Waals surface area contributed by atoms with Gasteiger partial charge >= 0.3 is 11.9 Å². The summed E-state index contributed by atoms with van der Waals surface area (Å²) in [6.45, 7) is 1.14. The third-order valence-electron chi connectivity index (χ3n) is 4.78. The van der Waals surface area contributed by atoms with Gasteiger partial charge in [0, 0.05) is 37.1 Å². The van der Waals surface area contributed by atoms with Crippen molar-refractivity contribution in [1.82, 2.24) is 0 Å². The third kappa shape index (κ3) is 7.32. The number of esters is 1. The molecule has 0 fully saturated rings. The van der Waals surface area contributed by atoms with Crippen molar-refractivity contribution in [2.24, 2.45) is 0 Å². The second-order valence-electron chi connectivity index (χ2n) is 7.06. The monoisotopic (exact) mass is 492 g/mol. The van der Waals surface area contributed by atoms with Crippen molar-refractivity contribution >= 4 is 29.2 Å². The van der Waals surface area contributed by atoms with Crippen molar-refractivity contribution in [3.8, 4) is 23.0 Å². The molecule has 2 rings (SSSR count). The number of methoxy groups -OCH3 is 4. The Hall–Kier alpha value is -3.37. The van der Waals surface area contributed by atoms with Gasteiger partial charge in [-0.25, -0.2) is 4.79 Å². The lowest BCUT2D eigenvalue weighted by atomic mass is 10.0. The van der Waals surface area contributed by atoms with E-state index in [1.54, 1.807) is 36.4 Å². The van der Waals surface area contributed by atoms with Crippen LogP contribution < -0.4 is 18.9 Å². The number of rotatable bonds is 12. The molecule has 0 radical (unpaired) electrons. The van der Waals surface area contributed by atoms with Crippen molar-refractivity contribution in [3.63, 3.8) is 0 Å². The summed E-state index contributed by atoms with van der Waals surface area (Å²) in [7, 11) is 6.02. The van der Waals surface area contributed by atoms with E-state index >= 15 is 0 Å². The zero-order valence-electron chi connectivity index (χ0n) is 19.7. The molecule has 0 aliphatic heterocycles. The van der Waals surface area contributed by atoms with Crippen LogP contribution in [0.2, 0.25) is 0 Å². The van der Waals surface area contributed by atoms with Crippen molar-refractivity contribution in [2.75, 3.05) is 28.4 Å². The zero-order chi connectivity index (χ0) is 25.3. The Bertz CT molecular complexity index is 1010. The van der Waals surface area contributed by atoms with Gasteiger partial charge in [-0.1, -0.05) is 6.07 Å². The van der Waals surface area contributed by atoms with Gasteiger partial charge in [0.15, 0.2) is 0 Å². The van der Waals surface area contributed by atoms with Gasteiger partial charge in [0.05, 0.1) is 34.0 Å². The number of carbonyl (C=O) groups is 2. The topological polar surface area (TPSA) is 124 Å². The Morgan fingerprint density at radius 2 is 1.62 bits per heavy atom. The first-order chi connectivity index (χ1) is 16.2. The van der Waals surface area contributed by atoms with Crippen LogP contribution in [0, 0.1) is 0 Å². The fraction of sp³-hybridized carbons (Fsp3) is 0.333. The Balaban J connectivity index is 2.24. The Morgan fingerprint density at radius 3 is 2.12 bits per heavy atom. The molecule has 0 amide bonds. The summed E-state index contributed by atoms with van der Waals surface area (Å²) in [5.74, 6) is 0.208. The minimum atomic E-state index is -1.41. The Kier molecular flexibility index (Phi) is 10.1. The van der Waals surface area contributed by atoms with E-state index in [4.69, 9.17) is 23.7 Å². The van der Waals surface area contributed by atoms with E-state index in [-0.39, 0.29) is 12.2 Å². The number of carboxylic acids is 1. The molecule has 0 aliphatic rings. The van der Waals surface area contributed by atoms with Crippen LogP contribution in [0.4, 0.5) is 0 Å². The van der Waals surface area contributed by atoms with Crippen molar-refractivity contribution in [2.45, 2.75) is 25.2 Å². The number of hydrogen-bond acceptors (Lipinski definition) is 8. The molecule has 2 atom stereocenters.